The highest BCUT2D eigenvalue weighted by atomic mass is 19.4. The zero-order valence-corrected chi connectivity index (χ0v) is 8.78. The van der Waals surface area contributed by atoms with E-state index in [1.165, 1.54) is 0 Å². The van der Waals surface area contributed by atoms with Crippen molar-refractivity contribution in [3.63, 3.8) is 0 Å². The quantitative estimate of drug-likeness (QED) is 0.791. The molecule has 0 saturated carbocycles. The summed E-state index contributed by atoms with van der Waals surface area (Å²) in [6.45, 7) is 0.898. The Hall–Kier alpha value is -1.73. The van der Waals surface area contributed by atoms with Gasteiger partial charge in [0, 0.05) is 0 Å². The molecule has 100 valence electrons. The topological polar surface area (TPSA) is 37.3 Å². The van der Waals surface area contributed by atoms with E-state index in [0.717, 1.165) is 6.92 Å². The number of hydrogen-bond acceptors (Lipinski definition) is 1. The molecule has 1 aromatic carbocycles. The molecule has 0 spiro atoms. The summed E-state index contributed by atoms with van der Waals surface area (Å²) in [6.07, 6.45) is -10.3. The van der Waals surface area contributed by atoms with Crippen LogP contribution >= 0.6 is 0 Å². The summed E-state index contributed by atoms with van der Waals surface area (Å²) in [5, 5.41) is 8.60. The average Bonchev–Trinajstić information content (AvgIpc) is 2.12. The van der Waals surface area contributed by atoms with E-state index >= 15 is 0 Å². The molecule has 0 amide bonds. The number of aryl methyl sites for hydroxylation is 1. The van der Waals surface area contributed by atoms with Gasteiger partial charge in [-0.3, -0.25) is 0 Å². The third kappa shape index (κ3) is 2.57. The highest BCUT2D eigenvalue weighted by molar-refractivity contribution is 5.92. The lowest BCUT2D eigenvalue weighted by molar-refractivity contribution is -0.144. The van der Waals surface area contributed by atoms with E-state index in [1.807, 2.05) is 0 Å². The third-order valence-electron chi connectivity index (χ3n) is 2.22. The average molecular weight is 272 g/mol. The molecule has 8 heteroatoms. The lowest BCUT2D eigenvalue weighted by Crippen LogP contribution is -2.21. The van der Waals surface area contributed by atoms with Crippen LogP contribution in [-0.4, -0.2) is 11.1 Å². The largest absolute Gasteiger partial charge is 0.478 e. The van der Waals surface area contributed by atoms with Gasteiger partial charge in [0.2, 0.25) is 0 Å². The van der Waals surface area contributed by atoms with E-state index in [0.29, 0.717) is 12.1 Å². The minimum atomic E-state index is -5.17. The van der Waals surface area contributed by atoms with E-state index < -0.39 is 40.6 Å². The second-order valence-corrected chi connectivity index (χ2v) is 3.48. The number of benzene rings is 1. The van der Waals surface area contributed by atoms with E-state index in [1.54, 1.807) is 0 Å². The van der Waals surface area contributed by atoms with Crippen LogP contribution in [0.15, 0.2) is 12.1 Å². The van der Waals surface area contributed by atoms with Crippen molar-refractivity contribution in [2.45, 2.75) is 19.3 Å². The Bertz CT molecular complexity index is 486. The van der Waals surface area contributed by atoms with E-state index in [-0.39, 0.29) is 0 Å². The van der Waals surface area contributed by atoms with Crippen molar-refractivity contribution in [2.75, 3.05) is 0 Å². The highest BCUT2D eigenvalue weighted by Crippen LogP contribution is 2.40. The predicted octanol–water partition coefficient (Wildman–Crippen LogP) is 3.73. The van der Waals surface area contributed by atoms with Gasteiger partial charge < -0.3 is 5.11 Å². The molecule has 1 N–H and O–H groups in total. The van der Waals surface area contributed by atoms with Gasteiger partial charge >= 0.3 is 18.3 Å². The number of hydrogen-bond donors (Lipinski definition) is 1. The normalized spacial score (nSPS) is 12.6. The number of carboxylic acid groups (broad SMARTS) is 1. The Kier molecular flexibility index (Phi) is 3.33. The molecule has 0 aliphatic heterocycles. The van der Waals surface area contributed by atoms with Crippen LogP contribution in [0.3, 0.4) is 0 Å². The van der Waals surface area contributed by atoms with Gasteiger partial charge in [0.05, 0.1) is 16.7 Å². The zero-order valence-electron chi connectivity index (χ0n) is 8.78. The molecule has 0 aliphatic carbocycles. The summed E-state index contributed by atoms with van der Waals surface area (Å²) in [7, 11) is 0. The second-order valence-electron chi connectivity index (χ2n) is 3.48. The Balaban J connectivity index is 3.76. The van der Waals surface area contributed by atoms with E-state index in [9.17, 15) is 31.1 Å². The van der Waals surface area contributed by atoms with Gasteiger partial charge in [-0.05, 0) is 18.6 Å². The van der Waals surface area contributed by atoms with Crippen LogP contribution in [0.2, 0.25) is 0 Å². The second kappa shape index (κ2) is 4.18. The number of rotatable bonds is 1. The molecule has 1 aromatic rings. The molecule has 0 unspecified atom stereocenters. The van der Waals surface area contributed by atoms with E-state index in [2.05, 4.69) is 0 Å². The Morgan fingerprint density at radius 2 is 1.56 bits per heavy atom. The molecule has 0 heterocycles. The maximum atomic E-state index is 12.6. The van der Waals surface area contributed by atoms with Crippen molar-refractivity contribution in [3.05, 3.63) is 34.4 Å². The van der Waals surface area contributed by atoms with Crippen molar-refractivity contribution in [3.8, 4) is 0 Å². The first kappa shape index (κ1) is 14.3. The zero-order chi connectivity index (χ0) is 14.3. The van der Waals surface area contributed by atoms with Gasteiger partial charge in [0.15, 0.2) is 0 Å². The summed E-state index contributed by atoms with van der Waals surface area (Å²) in [4.78, 5) is 10.7. The van der Waals surface area contributed by atoms with Gasteiger partial charge in [-0.25, -0.2) is 4.79 Å². The fourth-order valence-corrected chi connectivity index (χ4v) is 1.53. The fourth-order valence-electron chi connectivity index (χ4n) is 1.53. The van der Waals surface area contributed by atoms with E-state index in [4.69, 9.17) is 5.11 Å². The molecule has 1 rings (SSSR count). The molecule has 0 bridgehead atoms. The minimum absolute atomic E-state index is 0.327. The van der Waals surface area contributed by atoms with Crippen molar-refractivity contribution < 1.29 is 36.2 Å². The lowest BCUT2D eigenvalue weighted by Gasteiger charge is -2.18. The summed E-state index contributed by atoms with van der Waals surface area (Å²) in [5.74, 6) is -2.27. The summed E-state index contributed by atoms with van der Waals surface area (Å²) >= 11 is 0. The first-order chi connectivity index (χ1) is 7.96. The number of carboxylic acids is 1. The van der Waals surface area contributed by atoms with Crippen molar-refractivity contribution >= 4 is 5.97 Å². The molecule has 0 aromatic heterocycles. The highest BCUT2D eigenvalue weighted by Gasteiger charge is 2.44. The van der Waals surface area contributed by atoms with Crippen LogP contribution in [-0.2, 0) is 12.4 Å². The molecule has 0 atom stereocenters. The summed E-state index contributed by atoms with van der Waals surface area (Å²) in [5.41, 5.74) is -5.93. The fraction of sp³-hybridized carbons (Fsp3) is 0.300. The first-order valence-electron chi connectivity index (χ1n) is 4.47. The molecule has 2 nitrogen and oxygen atoms in total. The molecule has 18 heavy (non-hydrogen) atoms. The molecule has 0 saturated heterocycles. The number of halogens is 6. The Morgan fingerprint density at radius 3 is 1.89 bits per heavy atom. The SMILES string of the molecule is Cc1ccc(C(F)(F)F)c(C(=O)O)c1C(F)(F)F. The Labute approximate surface area is 96.8 Å². The maximum Gasteiger partial charge on any atom is 0.417 e. The van der Waals surface area contributed by atoms with Crippen molar-refractivity contribution in [1.29, 1.82) is 0 Å². The Morgan fingerprint density at radius 1 is 1.06 bits per heavy atom. The monoisotopic (exact) mass is 272 g/mol. The van der Waals surface area contributed by atoms with Crippen LogP contribution in [0.5, 0.6) is 0 Å². The van der Waals surface area contributed by atoms with Gasteiger partial charge in [0.25, 0.3) is 0 Å². The predicted molar refractivity (Wildman–Crippen MR) is 48.1 cm³/mol. The molecular weight excluding hydrogens is 266 g/mol. The van der Waals surface area contributed by atoms with Gasteiger partial charge in [-0.2, -0.15) is 26.3 Å². The van der Waals surface area contributed by atoms with Gasteiger partial charge in [0.1, 0.15) is 0 Å². The third-order valence-corrected chi connectivity index (χ3v) is 2.22. The molecular formula is C10H6F6O2. The summed E-state index contributed by atoms with van der Waals surface area (Å²) < 4.78 is 75.3. The lowest BCUT2D eigenvalue weighted by atomic mass is 9.95. The number of carbonyl (C=O) groups is 1. The molecule has 0 radical (unpaired) electrons. The van der Waals surface area contributed by atoms with Crippen LogP contribution < -0.4 is 0 Å². The standard InChI is InChI=1S/C10H6F6O2/c1-4-2-3-5(9(11,12)13)6(8(17)18)7(4)10(14,15)16/h2-3H,1H3,(H,17,18). The van der Waals surface area contributed by atoms with Gasteiger partial charge in [-0.1, -0.05) is 6.07 Å². The number of aromatic carboxylic acids is 1. The van der Waals surface area contributed by atoms with Crippen LogP contribution in [0.1, 0.15) is 27.0 Å². The maximum absolute atomic E-state index is 12.6. The molecule has 0 aliphatic rings. The van der Waals surface area contributed by atoms with Crippen LogP contribution in [0, 0.1) is 6.92 Å². The first-order valence-corrected chi connectivity index (χ1v) is 4.47. The smallest absolute Gasteiger partial charge is 0.417 e. The van der Waals surface area contributed by atoms with Crippen molar-refractivity contribution in [2.24, 2.45) is 0 Å². The summed E-state index contributed by atoms with van der Waals surface area (Å²) in [6, 6.07) is 0.923. The van der Waals surface area contributed by atoms with Gasteiger partial charge in [-0.15, -0.1) is 0 Å². The number of alkyl halides is 6. The molecule has 0 fully saturated rings. The van der Waals surface area contributed by atoms with Crippen LogP contribution in [0.25, 0.3) is 0 Å². The van der Waals surface area contributed by atoms with Crippen molar-refractivity contribution in [1.82, 2.24) is 0 Å². The minimum Gasteiger partial charge on any atom is -0.478 e. The van der Waals surface area contributed by atoms with Crippen LogP contribution in [0.4, 0.5) is 26.3 Å².